The Morgan fingerprint density at radius 1 is 1.00 bits per heavy atom. The van der Waals surface area contributed by atoms with Crippen molar-refractivity contribution in [3.05, 3.63) is 65.6 Å². The minimum atomic E-state index is -0.270. The van der Waals surface area contributed by atoms with Crippen LogP contribution in [0.3, 0.4) is 0 Å². The molecule has 0 amide bonds. The second-order valence-corrected chi connectivity index (χ2v) is 5.23. The number of anilines is 1. The zero-order chi connectivity index (χ0) is 15.0. The maximum absolute atomic E-state index is 13.0. The average Bonchev–Trinajstić information content (AvgIpc) is 2.80. The van der Waals surface area contributed by atoms with Crippen molar-refractivity contribution in [2.75, 3.05) is 5.73 Å². The number of hydrogen-bond acceptors (Lipinski definition) is 2. The monoisotopic (exact) mass is 281 g/mol. The topological polar surface area (TPSA) is 43.8 Å². The number of hydrogen-bond donors (Lipinski definition) is 1. The van der Waals surface area contributed by atoms with Gasteiger partial charge in [0.25, 0.3) is 0 Å². The zero-order valence-electron chi connectivity index (χ0n) is 12.0. The Bertz CT molecular complexity index is 768. The maximum atomic E-state index is 13.0. The molecule has 1 heterocycles. The summed E-state index contributed by atoms with van der Waals surface area (Å²) in [4.78, 5) is 0. The van der Waals surface area contributed by atoms with E-state index in [0.717, 1.165) is 16.9 Å². The van der Waals surface area contributed by atoms with E-state index in [2.05, 4.69) is 23.3 Å². The first kappa shape index (κ1) is 13.4. The molecule has 0 aliphatic carbocycles. The zero-order valence-corrected chi connectivity index (χ0v) is 12.0. The van der Waals surface area contributed by atoms with Crippen LogP contribution in [0, 0.1) is 19.7 Å². The summed E-state index contributed by atoms with van der Waals surface area (Å²) in [5.41, 5.74) is 11.5. The van der Waals surface area contributed by atoms with E-state index in [9.17, 15) is 4.39 Å². The van der Waals surface area contributed by atoms with Gasteiger partial charge in [-0.05, 0) is 50.2 Å². The van der Waals surface area contributed by atoms with E-state index in [4.69, 9.17) is 5.73 Å². The van der Waals surface area contributed by atoms with E-state index in [1.165, 1.54) is 23.3 Å². The van der Waals surface area contributed by atoms with E-state index < -0.39 is 0 Å². The van der Waals surface area contributed by atoms with Crippen molar-refractivity contribution in [3.63, 3.8) is 0 Å². The van der Waals surface area contributed by atoms with E-state index in [1.54, 1.807) is 23.0 Å². The van der Waals surface area contributed by atoms with Crippen LogP contribution in [0.1, 0.15) is 11.1 Å². The summed E-state index contributed by atoms with van der Waals surface area (Å²) < 4.78 is 14.7. The molecule has 0 saturated heterocycles. The van der Waals surface area contributed by atoms with Gasteiger partial charge in [0.2, 0.25) is 0 Å². The van der Waals surface area contributed by atoms with Crippen molar-refractivity contribution in [2.24, 2.45) is 0 Å². The molecule has 2 aromatic carbocycles. The third-order valence-electron chi connectivity index (χ3n) is 3.33. The van der Waals surface area contributed by atoms with E-state index in [1.807, 2.05) is 13.8 Å². The van der Waals surface area contributed by atoms with Gasteiger partial charge in [-0.3, -0.25) is 0 Å². The summed E-state index contributed by atoms with van der Waals surface area (Å²) in [6.07, 6.45) is 1.75. The summed E-state index contributed by atoms with van der Waals surface area (Å²) in [7, 11) is 0. The fraction of sp³-hybridized carbons (Fsp3) is 0.118. The van der Waals surface area contributed by atoms with Gasteiger partial charge in [-0.2, -0.15) is 5.10 Å². The van der Waals surface area contributed by atoms with E-state index in [0.29, 0.717) is 5.69 Å². The molecular formula is C17H16FN3. The number of halogens is 1. The van der Waals surface area contributed by atoms with Crippen molar-refractivity contribution in [1.82, 2.24) is 9.78 Å². The van der Waals surface area contributed by atoms with Crippen molar-refractivity contribution >= 4 is 5.69 Å². The van der Waals surface area contributed by atoms with Crippen molar-refractivity contribution < 1.29 is 4.39 Å². The van der Waals surface area contributed by atoms with Gasteiger partial charge in [-0.25, -0.2) is 9.07 Å². The maximum Gasteiger partial charge on any atom is 0.123 e. The minimum absolute atomic E-state index is 0.270. The molecule has 2 N–H and O–H groups in total. The van der Waals surface area contributed by atoms with Crippen molar-refractivity contribution in [1.29, 1.82) is 0 Å². The molecule has 0 aliphatic rings. The Morgan fingerprint density at radius 3 is 2.24 bits per heavy atom. The summed E-state index contributed by atoms with van der Waals surface area (Å²) >= 11 is 0. The number of aryl methyl sites for hydroxylation is 2. The molecule has 0 unspecified atom stereocenters. The first-order valence-electron chi connectivity index (χ1n) is 6.73. The first-order valence-corrected chi connectivity index (χ1v) is 6.73. The van der Waals surface area contributed by atoms with Crippen LogP contribution in [0.25, 0.3) is 16.9 Å². The molecule has 0 saturated carbocycles. The molecule has 0 radical (unpaired) electrons. The first-order chi connectivity index (χ1) is 10.0. The largest absolute Gasteiger partial charge is 0.396 e. The number of rotatable bonds is 2. The molecule has 0 fully saturated rings. The highest BCUT2D eigenvalue weighted by molar-refractivity contribution is 5.73. The third-order valence-corrected chi connectivity index (χ3v) is 3.33. The van der Waals surface area contributed by atoms with Crippen LogP contribution >= 0.6 is 0 Å². The number of nitrogens with two attached hydrogens (primary N) is 1. The highest BCUT2D eigenvalue weighted by Crippen LogP contribution is 2.27. The Hall–Kier alpha value is -2.62. The normalized spacial score (nSPS) is 10.8. The molecular weight excluding hydrogens is 265 g/mol. The molecule has 21 heavy (non-hydrogen) atoms. The van der Waals surface area contributed by atoms with Gasteiger partial charge in [-0.15, -0.1) is 0 Å². The van der Waals surface area contributed by atoms with Crippen LogP contribution in [0.4, 0.5) is 10.1 Å². The van der Waals surface area contributed by atoms with Gasteiger partial charge in [0.05, 0.1) is 17.6 Å². The van der Waals surface area contributed by atoms with Crippen LogP contribution in [0.15, 0.2) is 48.7 Å². The smallest absolute Gasteiger partial charge is 0.123 e. The Morgan fingerprint density at radius 2 is 1.62 bits per heavy atom. The predicted molar refractivity (Wildman–Crippen MR) is 82.8 cm³/mol. The van der Waals surface area contributed by atoms with Crippen LogP contribution in [-0.4, -0.2) is 9.78 Å². The summed E-state index contributed by atoms with van der Waals surface area (Å²) in [6, 6.07) is 12.4. The number of nitrogens with zero attached hydrogens (tertiary/aromatic N) is 2. The lowest BCUT2D eigenvalue weighted by Crippen LogP contribution is -1.95. The Labute approximate surface area is 122 Å². The van der Waals surface area contributed by atoms with Gasteiger partial charge in [0.1, 0.15) is 11.5 Å². The third kappa shape index (κ3) is 2.65. The lowest BCUT2D eigenvalue weighted by atomic mass is 10.0. The standard InChI is InChI=1S/C17H16FN3/c1-11-7-12(2)9-13(8-11)17-16(19)10-21(20-17)15-5-3-14(18)4-6-15/h3-10H,19H2,1-2H3. The fourth-order valence-electron chi connectivity index (χ4n) is 2.45. The molecule has 0 atom stereocenters. The highest BCUT2D eigenvalue weighted by Gasteiger charge is 2.10. The van der Waals surface area contributed by atoms with E-state index >= 15 is 0 Å². The molecule has 0 spiro atoms. The second-order valence-electron chi connectivity index (χ2n) is 5.23. The summed E-state index contributed by atoms with van der Waals surface area (Å²) in [5.74, 6) is -0.270. The average molecular weight is 281 g/mol. The molecule has 4 heteroatoms. The van der Waals surface area contributed by atoms with Crippen LogP contribution in [0.2, 0.25) is 0 Å². The molecule has 0 bridgehead atoms. The van der Waals surface area contributed by atoms with Crippen molar-refractivity contribution in [2.45, 2.75) is 13.8 Å². The SMILES string of the molecule is Cc1cc(C)cc(-c2nn(-c3ccc(F)cc3)cc2N)c1. The predicted octanol–water partition coefficient (Wildman–Crippen LogP) is 3.88. The molecule has 106 valence electrons. The highest BCUT2D eigenvalue weighted by atomic mass is 19.1. The number of benzene rings is 2. The molecule has 3 rings (SSSR count). The number of nitrogen functional groups attached to an aromatic ring is 1. The van der Waals surface area contributed by atoms with E-state index in [-0.39, 0.29) is 5.82 Å². The molecule has 1 aromatic heterocycles. The van der Waals surface area contributed by atoms with Crippen molar-refractivity contribution in [3.8, 4) is 16.9 Å². The minimum Gasteiger partial charge on any atom is -0.396 e. The Kier molecular flexibility index (Phi) is 3.22. The van der Waals surface area contributed by atoms with Gasteiger partial charge in [-0.1, -0.05) is 17.2 Å². The van der Waals surface area contributed by atoms with Crippen LogP contribution in [0.5, 0.6) is 0 Å². The summed E-state index contributed by atoms with van der Waals surface area (Å²) in [5, 5.41) is 4.53. The lowest BCUT2D eigenvalue weighted by molar-refractivity contribution is 0.627. The quantitative estimate of drug-likeness (QED) is 0.774. The van der Waals surface area contributed by atoms with Gasteiger partial charge in [0, 0.05) is 5.56 Å². The fourth-order valence-corrected chi connectivity index (χ4v) is 2.45. The second kappa shape index (κ2) is 5.05. The van der Waals surface area contributed by atoms with Gasteiger partial charge < -0.3 is 5.73 Å². The molecule has 3 aromatic rings. The van der Waals surface area contributed by atoms with Gasteiger partial charge in [0.15, 0.2) is 0 Å². The van der Waals surface area contributed by atoms with Crippen LogP contribution in [-0.2, 0) is 0 Å². The lowest BCUT2D eigenvalue weighted by Gasteiger charge is -2.03. The summed E-state index contributed by atoms with van der Waals surface area (Å²) in [6.45, 7) is 4.09. The van der Waals surface area contributed by atoms with Crippen LogP contribution < -0.4 is 5.73 Å². The molecule has 0 aliphatic heterocycles. The number of aromatic nitrogens is 2. The van der Waals surface area contributed by atoms with Gasteiger partial charge >= 0.3 is 0 Å². The molecule has 3 nitrogen and oxygen atoms in total. The Balaban J connectivity index is 2.07.